The second-order valence-corrected chi connectivity index (χ2v) is 7.82. The summed E-state index contributed by atoms with van der Waals surface area (Å²) in [5.41, 5.74) is 2.62. The van der Waals surface area contributed by atoms with E-state index in [4.69, 9.17) is 19.2 Å². The Morgan fingerprint density at radius 2 is 2.00 bits per heavy atom. The number of ether oxygens (including phenoxy) is 1. The summed E-state index contributed by atoms with van der Waals surface area (Å²) in [6.07, 6.45) is 2.90. The standard InChI is InChI=1S/C21H25N5O3/c1-14-11-18(15(2)29-14)21(27)25-6-5-16(12-25)20-22-19-4-3-17(13-26(19)23-20)24-7-9-28-10-8-24/h3-4,11,13,16H,5-10,12H2,1-2H3/t16-/m0/s1. The molecule has 3 aromatic heterocycles. The number of fused-ring (bicyclic) bond motifs is 1. The van der Waals surface area contributed by atoms with Gasteiger partial charge in [0, 0.05) is 32.1 Å². The Labute approximate surface area is 169 Å². The molecule has 152 valence electrons. The predicted octanol–water partition coefficient (Wildman–Crippen LogP) is 2.41. The quantitative estimate of drug-likeness (QED) is 0.678. The van der Waals surface area contributed by atoms with E-state index in [2.05, 4.69) is 11.0 Å². The smallest absolute Gasteiger partial charge is 0.257 e. The number of carbonyl (C=O) groups excluding carboxylic acids is 1. The molecule has 2 aliphatic heterocycles. The molecule has 29 heavy (non-hydrogen) atoms. The molecule has 0 bridgehead atoms. The number of amides is 1. The van der Waals surface area contributed by atoms with Gasteiger partial charge in [-0.2, -0.15) is 5.10 Å². The van der Waals surface area contributed by atoms with E-state index in [0.717, 1.165) is 55.6 Å². The van der Waals surface area contributed by atoms with Crippen LogP contribution in [0.2, 0.25) is 0 Å². The molecule has 8 nitrogen and oxygen atoms in total. The number of aryl methyl sites for hydroxylation is 2. The first-order valence-electron chi connectivity index (χ1n) is 10.1. The number of aromatic nitrogens is 3. The average molecular weight is 395 g/mol. The number of morpholine rings is 1. The summed E-state index contributed by atoms with van der Waals surface area (Å²) in [6.45, 7) is 8.33. The van der Waals surface area contributed by atoms with Gasteiger partial charge in [0.1, 0.15) is 11.5 Å². The topological polar surface area (TPSA) is 76.1 Å². The molecule has 0 radical (unpaired) electrons. The van der Waals surface area contributed by atoms with Gasteiger partial charge in [-0.05, 0) is 38.5 Å². The highest BCUT2D eigenvalue weighted by Gasteiger charge is 2.32. The third-order valence-corrected chi connectivity index (χ3v) is 5.82. The fourth-order valence-electron chi connectivity index (χ4n) is 4.24. The highest BCUT2D eigenvalue weighted by atomic mass is 16.5. The number of pyridine rings is 1. The molecule has 5 heterocycles. The molecule has 1 amide bonds. The number of carbonyl (C=O) groups is 1. The SMILES string of the molecule is Cc1cc(C(=O)N2CC[C@H](c3nc4ccc(N5CCOCC5)cn4n3)C2)c(C)o1. The molecular weight excluding hydrogens is 370 g/mol. The molecule has 0 spiro atoms. The number of furan rings is 1. The van der Waals surface area contributed by atoms with Gasteiger partial charge in [-0.25, -0.2) is 9.50 Å². The highest BCUT2D eigenvalue weighted by Crippen LogP contribution is 2.28. The molecule has 5 rings (SSSR count). The molecule has 0 aliphatic carbocycles. The van der Waals surface area contributed by atoms with Crippen LogP contribution in [0.25, 0.3) is 5.65 Å². The van der Waals surface area contributed by atoms with Gasteiger partial charge in [-0.1, -0.05) is 0 Å². The molecular formula is C21H25N5O3. The summed E-state index contributed by atoms with van der Waals surface area (Å²) in [5.74, 6) is 2.43. The molecule has 0 aromatic carbocycles. The van der Waals surface area contributed by atoms with Crippen molar-refractivity contribution in [3.8, 4) is 0 Å². The largest absolute Gasteiger partial charge is 0.466 e. The van der Waals surface area contributed by atoms with Crippen LogP contribution in [0.15, 0.2) is 28.8 Å². The Balaban J connectivity index is 1.33. The van der Waals surface area contributed by atoms with Crippen molar-refractivity contribution in [1.29, 1.82) is 0 Å². The Morgan fingerprint density at radius 1 is 1.17 bits per heavy atom. The molecule has 2 aliphatic rings. The van der Waals surface area contributed by atoms with E-state index in [-0.39, 0.29) is 11.8 Å². The van der Waals surface area contributed by atoms with Crippen LogP contribution in [-0.4, -0.2) is 64.8 Å². The van der Waals surface area contributed by atoms with E-state index >= 15 is 0 Å². The summed E-state index contributed by atoms with van der Waals surface area (Å²) in [7, 11) is 0. The third-order valence-electron chi connectivity index (χ3n) is 5.82. The Bertz CT molecular complexity index is 1050. The second-order valence-electron chi connectivity index (χ2n) is 7.82. The van der Waals surface area contributed by atoms with Crippen LogP contribution in [0.3, 0.4) is 0 Å². The number of hydrogen-bond donors (Lipinski definition) is 0. The van der Waals surface area contributed by atoms with Crippen molar-refractivity contribution in [3.05, 3.63) is 47.3 Å². The van der Waals surface area contributed by atoms with E-state index in [1.54, 1.807) is 0 Å². The molecule has 2 fully saturated rings. The van der Waals surface area contributed by atoms with Crippen LogP contribution >= 0.6 is 0 Å². The average Bonchev–Trinajstić information content (AvgIpc) is 3.45. The van der Waals surface area contributed by atoms with Gasteiger partial charge >= 0.3 is 0 Å². The van der Waals surface area contributed by atoms with Crippen molar-refractivity contribution >= 4 is 17.2 Å². The normalized spacial score (nSPS) is 20.0. The fraction of sp³-hybridized carbons (Fsp3) is 0.476. The zero-order chi connectivity index (χ0) is 20.0. The lowest BCUT2D eigenvalue weighted by Crippen LogP contribution is -2.36. The van der Waals surface area contributed by atoms with Gasteiger partial charge in [-0.3, -0.25) is 4.79 Å². The molecule has 3 aromatic rings. The van der Waals surface area contributed by atoms with Crippen molar-refractivity contribution in [2.45, 2.75) is 26.2 Å². The van der Waals surface area contributed by atoms with Crippen molar-refractivity contribution in [1.82, 2.24) is 19.5 Å². The van der Waals surface area contributed by atoms with Crippen molar-refractivity contribution in [2.24, 2.45) is 0 Å². The number of rotatable bonds is 3. The van der Waals surface area contributed by atoms with Gasteiger partial charge in [0.2, 0.25) is 0 Å². The lowest BCUT2D eigenvalue weighted by Gasteiger charge is -2.28. The predicted molar refractivity (Wildman–Crippen MR) is 107 cm³/mol. The van der Waals surface area contributed by atoms with Crippen molar-refractivity contribution in [3.63, 3.8) is 0 Å². The first kappa shape index (κ1) is 18.2. The van der Waals surface area contributed by atoms with Crippen molar-refractivity contribution in [2.75, 3.05) is 44.3 Å². The maximum atomic E-state index is 12.9. The van der Waals surface area contributed by atoms with E-state index in [9.17, 15) is 4.79 Å². The Kier molecular flexibility index (Phi) is 4.50. The van der Waals surface area contributed by atoms with Crippen LogP contribution < -0.4 is 4.90 Å². The monoisotopic (exact) mass is 395 g/mol. The van der Waals surface area contributed by atoms with E-state index in [1.165, 1.54) is 0 Å². The van der Waals surface area contributed by atoms with Gasteiger partial charge in [0.05, 0.1) is 30.7 Å². The Morgan fingerprint density at radius 3 is 2.76 bits per heavy atom. The van der Waals surface area contributed by atoms with Crippen LogP contribution in [0, 0.1) is 13.8 Å². The van der Waals surface area contributed by atoms with E-state index in [0.29, 0.717) is 24.4 Å². The van der Waals surface area contributed by atoms with E-state index in [1.807, 2.05) is 41.6 Å². The summed E-state index contributed by atoms with van der Waals surface area (Å²) >= 11 is 0. The molecule has 8 heteroatoms. The van der Waals surface area contributed by atoms with Gasteiger partial charge in [0.15, 0.2) is 11.5 Å². The second kappa shape index (κ2) is 7.18. The molecule has 1 atom stereocenters. The first-order valence-corrected chi connectivity index (χ1v) is 10.1. The minimum atomic E-state index is 0.0280. The highest BCUT2D eigenvalue weighted by molar-refractivity contribution is 5.95. The summed E-state index contributed by atoms with van der Waals surface area (Å²) in [5, 5.41) is 4.73. The van der Waals surface area contributed by atoms with E-state index < -0.39 is 0 Å². The zero-order valence-corrected chi connectivity index (χ0v) is 16.8. The number of hydrogen-bond acceptors (Lipinski definition) is 6. The minimum absolute atomic E-state index is 0.0280. The number of anilines is 1. The molecule has 0 unspecified atom stereocenters. The summed E-state index contributed by atoms with van der Waals surface area (Å²) < 4.78 is 12.8. The molecule has 0 saturated carbocycles. The van der Waals surface area contributed by atoms with Gasteiger partial charge in [-0.15, -0.1) is 0 Å². The van der Waals surface area contributed by atoms with Crippen molar-refractivity contribution < 1.29 is 13.9 Å². The van der Waals surface area contributed by atoms with Crippen LogP contribution in [0.1, 0.15) is 40.0 Å². The van der Waals surface area contributed by atoms with Crippen LogP contribution in [0.5, 0.6) is 0 Å². The third kappa shape index (κ3) is 3.37. The fourth-order valence-corrected chi connectivity index (χ4v) is 4.24. The lowest BCUT2D eigenvalue weighted by molar-refractivity contribution is 0.0789. The zero-order valence-electron chi connectivity index (χ0n) is 16.8. The maximum absolute atomic E-state index is 12.9. The van der Waals surface area contributed by atoms with Crippen LogP contribution in [-0.2, 0) is 4.74 Å². The molecule has 0 N–H and O–H groups in total. The minimum Gasteiger partial charge on any atom is -0.466 e. The number of nitrogens with zero attached hydrogens (tertiary/aromatic N) is 5. The van der Waals surface area contributed by atoms with Gasteiger partial charge < -0.3 is 19.0 Å². The lowest BCUT2D eigenvalue weighted by atomic mass is 10.1. The number of likely N-dealkylation sites (tertiary alicyclic amines) is 1. The summed E-state index contributed by atoms with van der Waals surface area (Å²) in [6, 6.07) is 5.92. The Hall–Kier alpha value is -2.87. The molecule has 2 saturated heterocycles. The first-order chi connectivity index (χ1) is 14.1. The maximum Gasteiger partial charge on any atom is 0.257 e. The summed E-state index contributed by atoms with van der Waals surface area (Å²) in [4.78, 5) is 21.8. The van der Waals surface area contributed by atoms with Gasteiger partial charge in [0.25, 0.3) is 5.91 Å². The van der Waals surface area contributed by atoms with Crippen LogP contribution in [0.4, 0.5) is 5.69 Å².